The minimum Gasteiger partial charge on any atom is -0.264 e. The highest BCUT2D eigenvalue weighted by molar-refractivity contribution is 6.13. The quantitative estimate of drug-likeness (QED) is 0.792. The Hall–Kier alpha value is -3.08. The van der Waals surface area contributed by atoms with Crippen molar-refractivity contribution in [1.29, 1.82) is 0 Å². The van der Waals surface area contributed by atoms with Crippen LogP contribution in [0, 0.1) is 12.7 Å². The highest BCUT2D eigenvalue weighted by Gasteiger charge is 2.25. The number of allylic oxidation sites excluding steroid dienone is 2. The fourth-order valence-electron chi connectivity index (χ4n) is 3.14. The number of pyridine rings is 1. The summed E-state index contributed by atoms with van der Waals surface area (Å²) < 4.78 is 13.3. The highest BCUT2D eigenvalue weighted by atomic mass is 19.1. The van der Waals surface area contributed by atoms with Gasteiger partial charge in [-0.25, -0.2) is 14.4 Å². The van der Waals surface area contributed by atoms with Gasteiger partial charge in [-0.05, 0) is 74.2 Å². The molecule has 0 aliphatic carbocycles. The summed E-state index contributed by atoms with van der Waals surface area (Å²) in [4.78, 5) is 9.04. The Morgan fingerprint density at radius 3 is 2.65 bits per heavy atom. The highest BCUT2D eigenvalue weighted by Crippen LogP contribution is 2.34. The molecule has 1 aromatic heterocycles. The van der Waals surface area contributed by atoms with Crippen LogP contribution >= 0.6 is 0 Å². The van der Waals surface area contributed by atoms with Gasteiger partial charge in [0.25, 0.3) is 0 Å². The minimum atomic E-state index is -0.254. The van der Waals surface area contributed by atoms with E-state index >= 15 is 0 Å². The van der Waals surface area contributed by atoms with Crippen LogP contribution < -0.4 is 0 Å². The summed E-state index contributed by atoms with van der Waals surface area (Å²) in [6.45, 7) is 4.12. The minimum absolute atomic E-state index is 0.254. The van der Waals surface area contributed by atoms with E-state index in [0.717, 1.165) is 46.8 Å². The van der Waals surface area contributed by atoms with Crippen molar-refractivity contribution in [3.05, 3.63) is 82.7 Å². The van der Waals surface area contributed by atoms with Crippen molar-refractivity contribution in [3.8, 4) is 0 Å². The van der Waals surface area contributed by atoms with Crippen molar-refractivity contribution in [2.75, 3.05) is 0 Å². The van der Waals surface area contributed by atoms with E-state index in [0.29, 0.717) is 0 Å². The van der Waals surface area contributed by atoms with Gasteiger partial charge in [-0.1, -0.05) is 0 Å². The normalized spacial score (nSPS) is 16.8. The fourth-order valence-corrected chi connectivity index (χ4v) is 3.14. The van der Waals surface area contributed by atoms with Gasteiger partial charge in [0.05, 0.1) is 11.4 Å². The third kappa shape index (κ3) is 2.96. The van der Waals surface area contributed by atoms with Crippen LogP contribution in [0.25, 0.3) is 5.70 Å². The lowest BCUT2D eigenvalue weighted by atomic mass is 10.0. The molecule has 0 saturated heterocycles. The topological polar surface area (TPSA) is 40.9 Å². The molecule has 0 fully saturated rings. The lowest BCUT2D eigenvalue weighted by molar-refractivity contribution is 0.511. The van der Waals surface area contributed by atoms with E-state index in [1.54, 1.807) is 18.3 Å². The van der Waals surface area contributed by atoms with E-state index in [-0.39, 0.29) is 5.82 Å². The first-order valence-corrected chi connectivity index (χ1v) is 8.63. The SMILES string of the molecule is CC1=C2N=C(c3ccc(F)cc3)C=C(c3ccncc3C)N2N=CCC1. The summed E-state index contributed by atoms with van der Waals surface area (Å²) in [6, 6.07) is 8.42. The molecule has 0 bridgehead atoms. The number of aromatic nitrogens is 1. The predicted molar refractivity (Wildman–Crippen MR) is 102 cm³/mol. The van der Waals surface area contributed by atoms with Gasteiger partial charge in [-0.3, -0.25) is 4.98 Å². The van der Waals surface area contributed by atoms with Crippen LogP contribution in [-0.4, -0.2) is 21.9 Å². The van der Waals surface area contributed by atoms with Crippen molar-refractivity contribution in [2.45, 2.75) is 26.7 Å². The third-order valence-corrected chi connectivity index (χ3v) is 4.59. The molecular weight excluding hydrogens is 327 g/mol. The predicted octanol–water partition coefficient (Wildman–Crippen LogP) is 4.69. The maximum atomic E-state index is 13.3. The number of fused-ring (bicyclic) bond motifs is 1. The van der Waals surface area contributed by atoms with Crippen LogP contribution in [0.4, 0.5) is 4.39 Å². The molecule has 2 aromatic rings. The smallest absolute Gasteiger partial charge is 0.153 e. The van der Waals surface area contributed by atoms with Crippen LogP contribution in [0.5, 0.6) is 0 Å². The van der Waals surface area contributed by atoms with Gasteiger partial charge in [0.2, 0.25) is 0 Å². The first-order chi connectivity index (χ1) is 12.6. The van der Waals surface area contributed by atoms with E-state index < -0.39 is 0 Å². The van der Waals surface area contributed by atoms with E-state index in [2.05, 4.69) is 17.0 Å². The second-order valence-electron chi connectivity index (χ2n) is 6.48. The lowest BCUT2D eigenvalue weighted by Crippen LogP contribution is -2.22. The molecule has 130 valence electrons. The Labute approximate surface area is 152 Å². The summed E-state index contributed by atoms with van der Waals surface area (Å²) in [7, 11) is 0. The zero-order valence-electron chi connectivity index (χ0n) is 14.8. The van der Waals surface area contributed by atoms with Crippen LogP contribution in [-0.2, 0) is 0 Å². The van der Waals surface area contributed by atoms with Crippen LogP contribution in [0.3, 0.4) is 0 Å². The van der Waals surface area contributed by atoms with Crippen molar-refractivity contribution in [2.24, 2.45) is 10.1 Å². The summed E-state index contributed by atoms with van der Waals surface area (Å²) in [5.41, 5.74) is 5.93. The van der Waals surface area contributed by atoms with Crippen molar-refractivity contribution >= 4 is 17.6 Å². The van der Waals surface area contributed by atoms with Crippen molar-refractivity contribution in [3.63, 3.8) is 0 Å². The van der Waals surface area contributed by atoms with E-state index in [1.165, 1.54) is 17.7 Å². The number of halogens is 1. The first-order valence-electron chi connectivity index (χ1n) is 8.63. The molecule has 0 atom stereocenters. The standard InChI is InChI=1S/C21H19FN4/c1-14-4-3-10-24-26-20(18-9-11-23-13-15(18)2)12-19(25-21(14)26)16-5-7-17(22)8-6-16/h5-13H,3-4H2,1-2H3. The molecule has 1 aromatic carbocycles. The van der Waals surface area contributed by atoms with Crippen molar-refractivity contribution < 1.29 is 4.39 Å². The Morgan fingerprint density at radius 2 is 1.88 bits per heavy atom. The van der Waals surface area contributed by atoms with Gasteiger partial charge < -0.3 is 0 Å². The van der Waals surface area contributed by atoms with Gasteiger partial charge in [0, 0.05) is 29.7 Å². The molecule has 0 spiro atoms. The Morgan fingerprint density at radius 1 is 1.08 bits per heavy atom. The van der Waals surface area contributed by atoms with E-state index in [1.807, 2.05) is 36.5 Å². The van der Waals surface area contributed by atoms with Crippen LogP contribution in [0.2, 0.25) is 0 Å². The second-order valence-corrected chi connectivity index (χ2v) is 6.48. The number of nitrogens with zero attached hydrogens (tertiary/aromatic N) is 4. The number of hydrogen-bond donors (Lipinski definition) is 0. The molecular formula is C21H19FN4. The zero-order valence-corrected chi connectivity index (χ0v) is 14.8. The maximum absolute atomic E-state index is 13.3. The molecule has 0 radical (unpaired) electrons. The zero-order chi connectivity index (χ0) is 18.1. The summed E-state index contributed by atoms with van der Waals surface area (Å²) in [5.74, 6) is 0.585. The molecule has 2 aliphatic rings. The Balaban J connectivity index is 1.92. The van der Waals surface area contributed by atoms with E-state index in [4.69, 9.17) is 4.99 Å². The number of benzene rings is 1. The number of aryl methyl sites for hydroxylation is 1. The molecule has 3 heterocycles. The molecule has 2 aliphatic heterocycles. The summed E-state index contributed by atoms with van der Waals surface area (Å²) in [6.07, 6.45) is 9.36. The molecule has 0 unspecified atom stereocenters. The van der Waals surface area contributed by atoms with Crippen LogP contribution in [0.1, 0.15) is 36.5 Å². The average Bonchev–Trinajstić information content (AvgIpc) is 2.84. The fraction of sp³-hybridized carbons (Fsp3) is 0.190. The van der Waals surface area contributed by atoms with Gasteiger partial charge in [0.1, 0.15) is 5.82 Å². The molecule has 26 heavy (non-hydrogen) atoms. The molecule has 4 nitrogen and oxygen atoms in total. The molecule has 5 heteroatoms. The number of hydrogen-bond acceptors (Lipinski definition) is 4. The van der Waals surface area contributed by atoms with Gasteiger partial charge in [-0.15, -0.1) is 0 Å². The molecule has 0 amide bonds. The van der Waals surface area contributed by atoms with Gasteiger partial charge in [0.15, 0.2) is 5.82 Å². The number of rotatable bonds is 2. The van der Waals surface area contributed by atoms with Gasteiger partial charge in [-0.2, -0.15) is 5.10 Å². The maximum Gasteiger partial charge on any atom is 0.153 e. The van der Waals surface area contributed by atoms with Gasteiger partial charge >= 0.3 is 0 Å². The molecule has 4 rings (SSSR count). The largest absolute Gasteiger partial charge is 0.264 e. The first kappa shape index (κ1) is 16.4. The lowest BCUT2D eigenvalue weighted by Gasteiger charge is -2.28. The summed E-state index contributed by atoms with van der Waals surface area (Å²) in [5, 5.41) is 6.53. The Bertz CT molecular complexity index is 968. The number of hydrazone groups is 1. The summed E-state index contributed by atoms with van der Waals surface area (Å²) >= 11 is 0. The number of aliphatic imine (C=N–C) groups is 1. The monoisotopic (exact) mass is 346 g/mol. The van der Waals surface area contributed by atoms with E-state index in [9.17, 15) is 4.39 Å². The van der Waals surface area contributed by atoms with Crippen molar-refractivity contribution in [1.82, 2.24) is 9.99 Å². The van der Waals surface area contributed by atoms with Crippen LogP contribution in [0.15, 0.2) is 70.3 Å². The Kier molecular flexibility index (Phi) is 4.21. The second kappa shape index (κ2) is 6.67. The molecule has 0 saturated carbocycles. The molecule has 0 N–H and O–H groups in total. The average molecular weight is 346 g/mol. The third-order valence-electron chi connectivity index (χ3n) is 4.59.